The molecule has 0 unspecified atom stereocenters. The third-order valence-electron chi connectivity index (χ3n) is 3.99. The molecule has 0 N–H and O–H groups in total. The van der Waals surface area contributed by atoms with Gasteiger partial charge in [-0.2, -0.15) is 0 Å². The van der Waals surface area contributed by atoms with Crippen molar-refractivity contribution >= 4 is 44.6 Å². The summed E-state index contributed by atoms with van der Waals surface area (Å²) in [6.07, 6.45) is 0. The zero-order valence-corrected chi connectivity index (χ0v) is 16.1. The van der Waals surface area contributed by atoms with Crippen LogP contribution in [0.4, 0.5) is 17.1 Å². The van der Waals surface area contributed by atoms with E-state index in [1.54, 1.807) is 0 Å². The third kappa shape index (κ3) is 3.66. The summed E-state index contributed by atoms with van der Waals surface area (Å²) >= 11 is 9.79. The molecule has 3 aromatic rings. The van der Waals surface area contributed by atoms with Crippen molar-refractivity contribution < 1.29 is 0 Å². The molecule has 0 saturated heterocycles. The lowest BCUT2D eigenvalue weighted by molar-refractivity contribution is 0.866. The molecule has 0 amide bonds. The number of para-hydroxylation sites is 1. The van der Waals surface area contributed by atoms with Crippen LogP contribution >= 0.6 is 27.5 Å². The Kier molecular flexibility index (Phi) is 5.27. The smallest absolute Gasteiger partial charge is 0.0568 e. The summed E-state index contributed by atoms with van der Waals surface area (Å²) in [5.74, 6) is 0.520. The molecule has 0 radical (unpaired) electrons. The number of rotatable bonds is 4. The Morgan fingerprint density at radius 2 is 1.38 bits per heavy atom. The Labute approximate surface area is 157 Å². The first-order chi connectivity index (χ1) is 11.6. The molecule has 0 saturated carbocycles. The van der Waals surface area contributed by atoms with Crippen LogP contribution in [0.15, 0.2) is 77.3 Å². The van der Waals surface area contributed by atoms with Gasteiger partial charge >= 0.3 is 0 Å². The Morgan fingerprint density at radius 1 is 0.792 bits per heavy atom. The first-order valence-electron chi connectivity index (χ1n) is 7.96. The molecule has 3 rings (SSSR count). The molecule has 0 aromatic heterocycles. The van der Waals surface area contributed by atoms with Crippen LogP contribution in [-0.2, 0) is 0 Å². The highest BCUT2D eigenvalue weighted by Gasteiger charge is 2.13. The molecule has 0 aliphatic carbocycles. The van der Waals surface area contributed by atoms with Gasteiger partial charge in [-0.25, -0.2) is 0 Å². The number of halogens is 2. The minimum absolute atomic E-state index is 0.520. The summed E-state index contributed by atoms with van der Waals surface area (Å²) in [5.41, 5.74) is 4.59. The van der Waals surface area contributed by atoms with Crippen molar-refractivity contribution in [1.29, 1.82) is 0 Å². The van der Waals surface area contributed by atoms with Gasteiger partial charge in [0.1, 0.15) is 0 Å². The zero-order valence-electron chi connectivity index (χ0n) is 13.7. The van der Waals surface area contributed by atoms with Crippen molar-refractivity contribution in [3.8, 4) is 0 Å². The molecule has 122 valence electrons. The second-order valence-corrected chi connectivity index (χ2v) is 7.28. The van der Waals surface area contributed by atoms with Crippen molar-refractivity contribution in [2.45, 2.75) is 19.8 Å². The lowest BCUT2D eigenvalue weighted by Crippen LogP contribution is -2.10. The summed E-state index contributed by atoms with van der Waals surface area (Å²) in [5, 5.41) is 0.701. The Balaban J connectivity index is 2.10. The molecule has 0 aliphatic rings. The maximum atomic E-state index is 6.33. The Bertz CT molecular complexity index is 813. The van der Waals surface area contributed by atoms with Gasteiger partial charge in [-0.15, -0.1) is 0 Å². The van der Waals surface area contributed by atoms with E-state index >= 15 is 0 Å². The molecule has 1 nitrogen and oxygen atoms in total. The predicted octanol–water partition coefficient (Wildman–Crippen LogP) is 7.70. The van der Waals surface area contributed by atoms with Gasteiger partial charge in [-0.3, -0.25) is 0 Å². The summed E-state index contributed by atoms with van der Waals surface area (Å²) in [6, 6.07) is 25.1. The minimum Gasteiger partial charge on any atom is -0.310 e. The average Bonchev–Trinajstić information content (AvgIpc) is 2.60. The first-order valence-corrected chi connectivity index (χ1v) is 9.13. The van der Waals surface area contributed by atoms with E-state index in [4.69, 9.17) is 11.6 Å². The van der Waals surface area contributed by atoms with Crippen LogP contribution in [0.1, 0.15) is 25.3 Å². The highest BCUT2D eigenvalue weighted by Crippen LogP contribution is 2.37. The maximum Gasteiger partial charge on any atom is 0.0568 e. The number of hydrogen-bond acceptors (Lipinski definition) is 1. The van der Waals surface area contributed by atoms with E-state index in [-0.39, 0.29) is 0 Å². The average molecular weight is 401 g/mol. The van der Waals surface area contributed by atoms with Crippen molar-refractivity contribution in [1.82, 2.24) is 0 Å². The summed E-state index contributed by atoms with van der Waals surface area (Å²) in [4.78, 5) is 2.21. The van der Waals surface area contributed by atoms with E-state index < -0.39 is 0 Å². The van der Waals surface area contributed by atoms with Gasteiger partial charge in [-0.1, -0.05) is 55.8 Å². The van der Waals surface area contributed by atoms with Crippen LogP contribution in [0, 0.1) is 0 Å². The number of hydrogen-bond donors (Lipinski definition) is 0. The van der Waals surface area contributed by atoms with E-state index in [0.717, 1.165) is 21.5 Å². The first kappa shape index (κ1) is 17.1. The van der Waals surface area contributed by atoms with Crippen LogP contribution in [-0.4, -0.2) is 0 Å². The van der Waals surface area contributed by atoms with Gasteiger partial charge in [0.05, 0.1) is 5.02 Å². The molecule has 0 spiro atoms. The maximum absolute atomic E-state index is 6.33. The lowest BCUT2D eigenvalue weighted by Gasteiger charge is -2.26. The van der Waals surface area contributed by atoms with E-state index in [2.05, 4.69) is 77.1 Å². The van der Waals surface area contributed by atoms with Crippen molar-refractivity contribution in [2.75, 3.05) is 4.90 Å². The monoisotopic (exact) mass is 399 g/mol. The van der Waals surface area contributed by atoms with Gasteiger partial charge in [0.25, 0.3) is 0 Å². The fourth-order valence-corrected chi connectivity index (χ4v) is 3.08. The van der Waals surface area contributed by atoms with Crippen molar-refractivity contribution in [2.24, 2.45) is 0 Å². The van der Waals surface area contributed by atoms with Gasteiger partial charge < -0.3 is 4.90 Å². The second kappa shape index (κ2) is 7.42. The Morgan fingerprint density at radius 3 is 1.96 bits per heavy atom. The van der Waals surface area contributed by atoms with E-state index in [9.17, 15) is 0 Å². The molecule has 0 aliphatic heterocycles. The summed E-state index contributed by atoms with van der Waals surface area (Å²) in [7, 11) is 0. The van der Waals surface area contributed by atoms with Gasteiger partial charge in [0.2, 0.25) is 0 Å². The molecular formula is C21H19BrClN. The number of anilines is 3. The predicted molar refractivity (Wildman–Crippen MR) is 108 cm³/mol. The van der Waals surface area contributed by atoms with Crippen molar-refractivity contribution in [3.05, 3.63) is 87.9 Å². The SMILES string of the molecule is CC(C)c1ccc(N(c2ccccc2)c2ccc(Br)c(Cl)c2)cc1. The van der Waals surface area contributed by atoms with Gasteiger partial charge in [0.15, 0.2) is 0 Å². The van der Waals surface area contributed by atoms with E-state index in [1.165, 1.54) is 5.56 Å². The van der Waals surface area contributed by atoms with Gasteiger partial charge in [0, 0.05) is 21.5 Å². The molecule has 0 atom stereocenters. The molecule has 0 fully saturated rings. The summed E-state index contributed by atoms with van der Waals surface area (Å²) in [6.45, 7) is 4.41. The second-order valence-electron chi connectivity index (χ2n) is 6.02. The fraction of sp³-hybridized carbons (Fsp3) is 0.143. The normalized spacial score (nSPS) is 10.9. The highest BCUT2D eigenvalue weighted by molar-refractivity contribution is 9.10. The van der Waals surface area contributed by atoms with Crippen LogP contribution in [0.5, 0.6) is 0 Å². The zero-order chi connectivity index (χ0) is 17.1. The van der Waals surface area contributed by atoms with Crippen molar-refractivity contribution in [3.63, 3.8) is 0 Å². The largest absolute Gasteiger partial charge is 0.310 e. The fourth-order valence-electron chi connectivity index (χ4n) is 2.66. The topological polar surface area (TPSA) is 3.24 Å². The lowest BCUT2D eigenvalue weighted by atomic mass is 10.0. The third-order valence-corrected chi connectivity index (χ3v) is 5.23. The van der Waals surface area contributed by atoms with E-state index in [1.807, 2.05) is 30.3 Å². The number of benzene rings is 3. The number of nitrogens with zero attached hydrogens (tertiary/aromatic N) is 1. The van der Waals surface area contributed by atoms with Gasteiger partial charge in [-0.05, 0) is 69.9 Å². The molecule has 0 bridgehead atoms. The quantitative estimate of drug-likeness (QED) is 0.433. The van der Waals surface area contributed by atoms with Crippen LogP contribution in [0.25, 0.3) is 0 Å². The van der Waals surface area contributed by atoms with Crippen LogP contribution < -0.4 is 4.90 Å². The van der Waals surface area contributed by atoms with Crippen LogP contribution in [0.2, 0.25) is 5.02 Å². The van der Waals surface area contributed by atoms with E-state index in [0.29, 0.717) is 10.9 Å². The minimum atomic E-state index is 0.520. The van der Waals surface area contributed by atoms with Crippen LogP contribution in [0.3, 0.4) is 0 Å². The molecule has 3 heteroatoms. The molecular weight excluding hydrogens is 382 g/mol. The standard InChI is InChI=1S/C21H19BrClN/c1-15(2)16-8-10-18(11-9-16)24(17-6-4-3-5-7-17)19-12-13-20(22)21(23)14-19/h3-15H,1-2H3. The Hall–Kier alpha value is -1.77. The highest BCUT2D eigenvalue weighted by atomic mass is 79.9. The summed E-state index contributed by atoms with van der Waals surface area (Å²) < 4.78 is 0.899. The molecule has 24 heavy (non-hydrogen) atoms. The molecule has 0 heterocycles. The molecule has 3 aromatic carbocycles.